The quantitative estimate of drug-likeness (QED) is 0.734. The Kier molecular flexibility index (Phi) is 7.29. The molecule has 0 aliphatic carbocycles. The van der Waals surface area contributed by atoms with Crippen molar-refractivity contribution < 1.29 is 9.32 Å². The number of likely N-dealkylation sites (tertiary alicyclic amines) is 1. The van der Waals surface area contributed by atoms with Gasteiger partial charge in [-0.1, -0.05) is 28.4 Å². The largest absolute Gasteiger partial charge is 0.355 e. The summed E-state index contributed by atoms with van der Waals surface area (Å²) in [6, 6.07) is 5.16. The minimum atomic E-state index is -0.0102. The summed E-state index contributed by atoms with van der Waals surface area (Å²) in [5.41, 5.74) is 0.679. The molecule has 1 aliphatic rings. The van der Waals surface area contributed by atoms with E-state index in [0.29, 0.717) is 47.0 Å². The van der Waals surface area contributed by atoms with Gasteiger partial charge < -0.3 is 14.7 Å². The van der Waals surface area contributed by atoms with Crippen LogP contribution < -0.4 is 5.32 Å². The van der Waals surface area contributed by atoms with E-state index in [4.69, 9.17) is 27.7 Å². The molecule has 0 saturated carbocycles. The van der Waals surface area contributed by atoms with Crippen LogP contribution in [0, 0.1) is 5.92 Å². The van der Waals surface area contributed by atoms with Crippen LogP contribution in [0.2, 0.25) is 10.0 Å². The Bertz CT molecular complexity index is 811. The van der Waals surface area contributed by atoms with Crippen molar-refractivity contribution in [3.63, 3.8) is 0 Å². The number of amides is 1. The molecular formula is C19H25Cl2N5O2. The van der Waals surface area contributed by atoms with Gasteiger partial charge in [-0.05, 0) is 51.7 Å². The molecule has 1 saturated heterocycles. The van der Waals surface area contributed by atoms with Crippen molar-refractivity contribution in [2.75, 3.05) is 40.3 Å². The van der Waals surface area contributed by atoms with Crippen molar-refractivity contribution in [2.45, 2.75) is 19.4 Å². The average molecular weight is 426 g/mol. The first-order valence-electron chi connectivity index (χ1n) is 9.35. The van der Waals surface area contributed by atoms with Crippen LogP contribution >= 0.6 is 23.2 Å². The Balaban J connectivity index is 1.57. The molecule has 1 atom stereocenters. The number of carbonyl (C=O) groups is 1. The van der Waals surface area contributed by atoms with Crippen molar-refractivity contribution >= 4 is 29.1 Å². The third kappa shape index (κ3) is 5.67. The molecule has 9 heteroatoms. The highest BCUT2D eigenvalue weighted by molar-refractivity contribution is 6.36. The van der Waals surface area contributed by atoms with Gasteiger partial charge in [-0.2, -0.15) is 4.98 Å². The molecule has 0 spiro atoms. The zero-order valence-electron chi connectivity index (χ0n) is 16.1. The maximum Gasteiger partial charge on any atom is 0.241 e. The molecule has 1 fully saturated rings. The first-order chi connectivity index (χ1) is 13.4. The summed E-state index contributed by atoms with van der Waals surface area (Å²) in [4.78, 5) is 21.1. The molecule has 1 unspecified atom stereocenters. The highest BCUT2D eigenvalue weighted by atomic mass is 35.5. The first kappa shape index (κ1) is 21.0. The molecule has 2 heterocycles. The molecule has 7 nitrogen and oxygen atoms in total. The van der Waals surface area contributed by atoms with Gasteiger partial charge in [0.1, 0.15) is 0 Å². The molecule has 0 radical (unpaired) electrons. The van der Waals surface area contributed by atoms with Gasteiger partial charge >= 0.3 is 0 Å². The number of benzene rings is 1. The Morgan fingerprint density at radius 1 is 1.39 bits per heavy atom. The molecule has 0 bridgehead atoms. The summed E-state index contributed by atoms with van der Waals surface area (Å²) >= 11 is 12.2. The van der Waals surface area contributed by atoms with Gasteiger partial charge in [-0.25, -0.2) is 0 Å². The lowest BCUT2D eigenvalue weighted by atomic mass is 9.97. The van der Waals surface area contributed by atoms with Crippen molar-refractivity contribution in [1.29, 1.82) is 0 Å². The van der Waals surface area contributed by atoms with Crippen LogP contribution in [0.5, 0.6) is 0 Å². The van der Waals surface area contributed by atoms with E-state index < -0.39 is 0 Å². The highest BCUT2D eigenvalue weighted by Gasteiger charge is 2.26. The van der Waals surface area contributed by atoms with Crippen molar-refractivity contribution in [3.05, 3.63) is 34.1 Å². The fourth-order valence-electron chi connectivity index (χ4n) is 3.25. The maximum absolute atomic E-state index is 12.4. The second-order valence-electron chi connectivity index (χ2n) is 7.30. The average Bonchev–Trinajstić information content (AvgIpc) is 3.09. The molecule has 1 aliphatic heterocycles. The van der Waals surface area contributed by atoms with E-state index in [-0.39, 0.29) is 11.8 Å². The fraction of sp³-hybridized carbons (Fsp3) is 0.526. The molecule has 1 N–H and O–H groups in total. The van der Waals surface area contributed by atoms with Crippen molar-refractivity contribution in [1.82, 2.24) is 25.3 Å². The molecule has 152 valence electrons. The van der Waals surface area contributed by atoms with Gasteiger partial charge in [-0.3, -0.25) is 9.69 Å². The van der Waals surface area contributed by atoms with E-state index in [9.17, 15) is 4.79 Å². The fourth-order valence-corrected chi connectivity index (χ4v) is 3.74. The van der Waals surface area contributed by atoms with E-state index in [0.717, 1.165) is 25.9 Å². The standard InChI is InChI=1S/C19H25Cl2N5O2/c1-25(2)9-7-22-19(27)13-4-3-8-26(11-13)12-17-23-18(24-28-17)15-6-5-14(20)10-16(15)21/h5-6,10,13H,3-4,7-9,11-12H2,1-2H3,(H,22,27). The summed E-state index contributed by atoms with van der Waals surface area (Å²) in [6.07, 6.45) is 1.87. The molecule has 1 aromatic carbocycles. The topological polar surface area (TPSA) is 74.5 Å². The smallest absolute Gasteiger partial charge is 0.241 e. The Morgan fingerprint density at radius 2 is 2.21 bits per heavy atom. The Labute approximate surface area is 175 Å². The lowest BCUT2D eigenvalue weighted by Crippen LogP contribution is -2.44. The van der Waals surface area contributed by atoms with Crippen LogP contribution in [-0.2, 0) is 11.3 Å². The number of likely N-dealkylation sites (N-methyl/N-ethyl adjacent to an activating group) is 1. The number of rotatable bonds is 7. The van der Waals surface area contributed by atoms with Gasteiger partial charge in [0.15, 0.2) is 0 Å². The number of aromatic nitrogens is 2. The summed E-state index contributed by atoms with van der Waals surface area (Å²) in [5.74, 6) is 1.05. The Hall–Kier alpha value is -1.67. The minimum absolute atomic E-state index is 0.0102. The minimum Gasteiger partial charge on any atom is -0.355 e. The molecule has 1 aromatic heterocycles. The van der Waals surface area contributed by atoms with E-state index in [1.54, 1.807) is 18.2 Å². The van der Waals surface area contributed by atoms with Gasteiger partial charge in [-0.15, -0.1) is 0 Å². The Morgan fingerprint density at radius 3 is 2.96 bits per heavy atom. The zero-order valence-corrected chi connectivity index (χ0v) is 17.6. The van der Waals surface area contributed by atoms with Gasteiger partial charge in [0, 0.05) is 30.2 Å². The number of piperidine rings is 1. The maximum atomic E-state index is 12.4. The predicted molar refractivity (Wildman–Crippen MR) is 109 cm³/mol. The van der Waals surface area contributed by atoms with E-state index in [1.807, 2.05) is 19.0 Å². The lowest BCUT2D eigenvalue weighted by Gasteiger charge is -2.31. The number of carbonyl (C=O) groups excluding carboxylic acids is 1. The van der Waals surface area contributed by atoms with E-state index >= 15 is 0 Å². The van der Waals surface area contributed by atoms with Gasteiger partial charge in [0.25, 0.3) is 0 Å². The predicted octanol–water partition coefficient (Wildman–Crippen LogP) is 2.93. The third-order valence-corrected chi connectivity index (χ3v) is 5.28. The van der Waals surface area contributed by atoms with Crippen LogP contribution in [0.25, 0.3) is 11.4 Å². The molecule has 3 rings (SSSR count). The molecular weight excluding hydrogens is 401 g/mol. The number of hydrogen-bond donors (Lipinski definition) is 1. The summed E-state index contributed by atoms with van der Waals surface area (Å²) in [6.45, 7) is 3.60. The monoisotopic (exact) mass is 425 g/mol. The van der Waals surface area contributed by atoms with Crippen LogP contribution in [0.1, 0.15) is 18.7 Å². The van der Waals surface area contributed by atoms with Crippen LogP contribution in [0.3, 0.4) is 0 Å². The van der Waals surface area contributed by atoms with Gasteiger partial charge in [0.2, 0.25) is 17.6 Å². The lowest BCUT2D eigenvalue weighted by molar-refractivity contribution is -0.126. The second kappa shape index (κ2) is 9.69. The van der Waals surface area contributed by atoms with Crippen molar-refractivity contribution in [3.8, 4) is 11.4 Å². The summed E-state index contributed by atoms with van der Waals surface area (Å²) in [7, 11) is 3.98. The van der Waals surface area contributed by atoms with Crippen LogP contribution in [-0.4, -0.2) is 66.1 Å². The van der Waals surface area contributed by atoms with E-state index in [1.165, 1.54) is 0 Å². The summed E-state index contributed by atoms with van der Waals surface area (Å²) in [5, 5.41) is 8.08. The number of hydrogen-bond acceptors (Lipinski definition) is 6. The van der Waals surface area contributed by atoms with Gasteiger partial charge in [0.05, 0.1) is 17.5 Å². The number of nitrogens with one attached hydrogen (secondary N) is 1. The van der Waals surface area contributed by atoms with Crippen LogP contribution in [0.15, 0.2) is 22.7 Å². The third-order valence-electron chi connectivity index (χ3n) is 4.73. The zero-order chi connectivity index (χ0) is 20.1. The second-order valence-corrected chi connectivity index (χ2v) is 8.15. The van der Waals surface area contributed by atoms with E-state index in [2.05, 4.69) is 20.4 Å². The highest BCUT2D eigenvalue weighted by Crippen LogP contribution is 2.28. The van der Waals surface area contributed by atoms with Crippen LogP contribution in [0.4, 0.5) is 0 Å². The SMILES string of the molecule is CN(C)CCNC(=O)C1CCCN(Cc2nc(-c3ccc(Cl)cc3Cl)no2)C1. The normalized spacial score (nSPS) is 17.8. The van der Waals surface area contributed by atoms with Crippen molar-refractivity contribution in [2.24, 2.45) is 5.92 Å². The summed E-state index contributed by atoms with van der Waals surface area (Å²) < 4.78 is 5.39. The number of nitrogens with zero attached hydrogens (tertiary/aromatic N) is 4. The molecule has 28 heavy (non-hydrogen) atoms. The molecule has 1 amide bonds. The first-order valence-corrected chi connectivity index (χ1v) is 10.1. The molecule has 2 aromatic rings. The number of halogens is 2.